The van der Waals surface area contributed by atoms with Gasteiger partial charge in [0.2, 0.25) is 0 Å². The molecule has 3 heteroatoms. The van der Waals surface area contributed by atoms with Crippen LogP contribution in [-0.4, -0.2) is 30.7 Å². The fourth-order valence-electron chi connectivity index (χ4n) is 6.00. The Morgan fingerprint density at radius 3 is 2.82 bits per heavy atom. The molecule has 2 aliphatic heterocycles. The molecule has 2 heterocycles. The summed E-state index contributed by atoms with van der Waals surface area (Å²) in [7, 11) is 1.77. The normalized spacial score (nSPS) is 29.5. The number of rotatable bonds is 3. The Morgan fingerprint density at radius 2 is 2.00 bits per heavy atom. The molecule has 142 valence electrons. The monoisotopic (exact) mass is 371 g/mol. The molecular formula is C25H25NO2. The third kappa shape index (κ3) is 1.98. The van der Waals surface area contributed by atoms with Crippen LogP contribution < -0.4 is 4.74 Å². The Bertz CT molecular complexity index is 1020. The van der Waals surface area contributed by atoms with Crippen molar-refractivity contribution in [2.45, 2.75) is 43.9 Å². The summed E-state index contributed by atoms with van der Waals surface area (Å²) in [6.07, 6.45) is 6.60. The first-order chi connectivity index (χ1) is 13.7. The second kappa shape index (κ2) is 5.74. The van der Waals surface area contributed by atoms with Crippen molar-refractivity contribution in [3.05, 3.63) is 88.2 Å². The second-order valence-electron chi connectivity index (χ2n) is 8.54. The number of hydrogen-bond acceptors (Lipinski definition) is 3. The number of likely N-dealkylation sites (tertiary alicyclic amines) is 1. The van der Waals surface area contributed by atoms with Crippen LogP contribution in [0.15, 0.2) is 65.9 Å². The molecule has 6 rings (SSSR count). The number of hydrogen-bond donors (Lipinski definition) is 0. The van der Waals surface area contributed by atoms with Gasteiger partial charge in [0.05, 0.1) is 12.5 Å². The Labute approximate surface area is 166 Å². The molecular weight excluding hydrogens is 346 g/mol. The van der Waals surface area contributed by atoms with Crippen molar-refractivity contribution in [2.24, 2.45) is 0 Å². The average molecular weight is 371 g/mol. The van der Waals surface area contributed by atoms with Crippen molar-refractivity contribution in [3.8, 4) is 5.75 Å². The largest absolute Gasteiger partial charge is 0.497 e. The highest BCUT2D eigenvalue weighted by Crippen LogP contribution is 2.61. The molecule has 2 aliphatic carbocycles. The maximum atomic E-state index is 6.61. The summed E-state index contributed by atoms with van der Waals surface area (Å²) in [5, 5.41) is 0. The molecule has 0 amide bonds. The number of methoxy groups -OCH3 is 1. The van der Waals surface area contributed by atoms with Gasteiger partial charge in [-0.05, 0) is 48.1 Å². The third-order valence-corrected chi connectivity index (χ3v) is 7.24. The summed E-state index contributed by atoms with van der Waals surface area (Å²) in [4.78, 5) is 2.66. The van der Waals surface area contributed by atoms with Gasteiger partial charge in [0.15, 0.2) is 6.10 Å². The highest BCUT2D eigenvalue weighted by Gasteiger charge is 2.61. The summed E-state index contributed by atoms with van der Waals surface area (Å²) in [6, 6.07) is 15.8. The van der Waals surface area contributed by atoms with E-state index in [1.54, 1.807) is 7.11 Å². The molecule has 2 bridgehead atoms. The van der Waals surface area contributed by atoms with Crippen molar-refractivity contribution < 1.29 is 9.47 Å². The lowest BCUT2D eigenvalue weighted by molar-refractivity contribution is 0.0617. The number of benzene rings is 2. The Hall–Kier alpha value is -2.52. The van der Waals surface area contributed by atoms with Crippen LogP contribution in [0.25, 0.3) is 0 Å². The molecule has 2 aromatic carbocycles. The minimum atomic E-state index is -0.0487. The number of piperidine rings is 1. The van der Waals surface area contributed by atoms with Gasteiger partial charge >= 0.3 is 0 Å². The predicted molar refractivity (Wildman–Crippen MR) is 109 cm³/mol. The van der Waals surface area contributed by atoms with Gasteiger partial charge < -0.3 is 9.47 Å². The van der Waals surface area contributed by atoms with Gasteiger partial charge in [0, 0.05) is 24.7 Å². The van der Waals surface area contributed by atoms with Gasteiger partial charge in [-0.1, -0.05) is 48.5 Å². The van der Waals surface area contributed by atoms with Crippen molar-refractivity contribution in [1.29, 1.82) is 0 Å². The summed E-state index contributed by atoms with van der Waals surface area (Å²) in [6.45, 7) is 4.25. The molecule has 28 heavy (non-hydrogen) atoms. The van der Waals surface area contributed by atoms with E-state index in [0.717, 1.165) is 37.4 Å². The zero-order valence-electron chi connectivity index (χ0n) is 16.4. The zero-order chi connectivity index (χ0) is 18.9. The van der Waals surface area contributed by atoms with Crippen molar-refractivity contribution in [1.82, 2.24) is 4.90 Å². The van der Waals surface area contributed by atoms with E-state index in [1.165, 1.54) is 27.8 Å². The molecule has 0 N–H and O–H groups in total. The van der Waals surface area contributed by atoms with Gasteiger partial charge in [0.1, 0.15) is 11.5 Å². The van der Waals surface area contributed by atoms with E-state index in [9.17, 15) is 0 Å². The van der Waals surface area contributed by atoms with E-state index in [1.807, 2.05) is 0 Å². The van der Waals surface area contributed by atoms with Crippen molar-refractivity contribution in [2.75, 3.05) is 13.7 Å². The molecule has 3 atom stereocenters. The van der Waals surface area contributed by atoms with Gasteiger partial charge in [-0.2, -0.15) is 0 Å². The zero-order valence-corrected chi connectivity index (χ0v) is 16.4. The molecule has 3 nitrogen and oxygen atoms in total. The number of ether oxygens (including phenoxy) is 2. The van der Waals surface area contributed by atoms with E-state index in [0.29, 0.717) is 6.04 Å². The summed E-state index contributed by atoms with van der Waals surface area (Å²) < 4.78 is 12.4. The molecule has 0 unspecified atom stereocenters. The topological polar surface area (TPSA) is 21.7 Å². The average Bonchev–Trinajstić information content (AvgIpc) is 3.07. The lowest BCUT2D eigenvalue weighted by Crippen LogP contribution is -2.59. The van der Waals surface area contributed by atoms with Crippen LogP contribution >= 0.6 is 0 Å². The third-order valence-electron chi connectivity index (χ3n) is 7.24. The number of aryl methyl sites for hydroxylation is 1. The molecule has 2 aromatic rings. The van der Waals surface area contributed by atoms with Crippen LogP contribution in [0.3, 0.4) is 0 Å². The molecule has 4 aliphatic rings. The SMILES string of the molecule is COC1=CC=C2[C@H]3Cc4ccc(C)c5c4[C@@]2(CCN3Cc2ccccc2)[C@H]1O5. The van der Waals surface area contributed by atoms with E-state index >= 15 is 0 Å². The Balaban J connectivity index is 1.51. The minimum Gasteiger partial charge on any atom is -0.497 e. The lowest BCUT2D eigenvalue weighted by atomic mass is 9.57. The first kappa shape index (κ1) is 16.4. The smallest absolute Gasteiger partial charge is 0.169 e. The molecule has 1 spiro atoms. The van der Waals surface area contributed by atoms with Crippen molar-refractivity contribution in [3.63, 3.8) is 0 Å². The van der Waals surface area contributed by atoms with E-state index < -0.39 is 0 Å². The lowest BCUT2D eigenvalue weighted by Gasteiger charge is -2.53. The van der Waals surface area contributed by atoms with Gasteiger partial charge in [-0.3, -0.25) is 4.90 Å². The van der Waals surface area contributed by atoms with Crippen molar-refractivity contribution >= 4 is 0 Å². The van der Waals surface area contributed by atoms with Gasteiger partial charge in [-0.25, -0.2) is 0 Å². The maximum Gasteiger partial charge on any atom is 0.169 e. The summed E-state index contributed by atoms with van der Waals surface area (Å²) in [5.74, 6) is 2.07. The standard InChI is InChI=1S/C25H25NO2/c1-16-8-9-18-14-20-19-10-11-21(27-2)24-25(19,22(18)23(16)28-24)12-13-26(20)15-17-6-4-3-5-7-17/h3-11,20,24H,12-15H2,1-2H3/t20-,24+,25+/m1/s1. The first-order valence-electron chi connectivity index (χ1n) is 10.3. The fraction of sp³-hybridized carbons (Fsp3) is 0.360. The summed E-state index contributed by atoms with van der Waals surface area (Å²) >= 11 is 0. The number of allylic oxidation sites excluding steroid dienone is 2. The highest BCUT2D eigenvalue weighted by molar-refractivity contribution is 5.65. The molecule has 1 saturated heterocycles. The molecule has 0 saturated carbocycles. The van der Waals surface area contributed by atoms with E-state index in [4.69, 9.17) is 9.47 Å². The van der Waals surface area contributed by atoms with Crippen LogP contribution in [-0.2, 0) is 23.1 Å². The highest BCUT2D eigenvalue weighted by atomic mass is 16.5. The van der Waals surface area contributed by atoms with Gasteiger partial charge in [0.25, 0.3) is 0 Å². The predicted octanol–water partition coefficient (Wildman–Crippen LogP) is 4.29. The van der Waals surface area contributed by atoms with Crippen LogP contribution in [0.2, 0.25) is 0 Å². The Morgan fingerprint density at radius 1 is 1.14 bits per heavy atom. The van der Waals surface area contributed by atoms with Gasteiger partial charge in [-0.15, -0.1) is 0 Å². The minimum absolute atomic E-state index is 0.0194. The Kier molecular flexibility index (Phi) is 3.37. The van der Waals surface area contributed by atoms with Crippen LogP contribution in [0.5, 0.6) is 5.75 Å². The quantitative estimate of drug-likeness (QED) is 0.803. The number of nitrogens with zero attached hydrogens (tertiary/aromatic N) is 1. The fourth-order valence-corrected chi connectivity index (χ4v) is 6.00. The molecule has 0 radical (unpaired) electrons. The summed E-state index contributed by atoms with van der Waals surface area (Å²) in [5.41, 5.74) is 7.01. The van der Waals surface area contributed by atoms with E-state index in [-0.39, 0.29) is 11.5 Å². The van der Waals surface area contributed by atoms with Crippen LogP contribution in [0.1, 0.15) is 28.7 Å². The molecule has 0 aromatic heterocycles. The van der Waals surface area contributed by atoms with E-state index in [2.05, 4.69) is 66.4 Å². The maximum absolute atomic E-state index is 6.61. The first-order valence-corrected chi connectivity index (χ1v) is 10.3. The van der Waals surface area contributed by atoms with Crippen LogP contribution in [0.4, 0.5) is 0 Å². The van der Waals surface area contributed by atoms with Crippen LogP contribution in [0, 0.1) is 6.92 Å². The second-order valence-corrected chi connectivity index (χ2v) is 8.54. The molecule has 1 fully saturated rings.